The molecular formula is C31H17NO3. The van der Waals surface area contributed by atoms with E-state index in [9.17, 15) is 4.79 Å². The van der Waals surface area contributed by atoms with Gasteiger partial charge in [-0.2, -0.15) is 0 Å². The predicted molar refractivity (Wildman–Crippen MR) is 142 cm³/mol. The first-order valence-electron chi connectivity index (χ1n) is 11.6. The molecule has 0 fully saturated rings. The fourth-order valence-electron chi connectivity index (χ4n) is 5.47. The van der Waals surface area contributed by atoms with E-state index in [-0.39, 0.29) is 5.63 Å². The zero-order valence-corrected chi connectivity index (χ0v) is 18.5. The smallest absolute Gasteiger partial charge is 0.344 e. The van der Waals surface area contributed by atoms with Crippen LogP contribution in [0.15, 0.2) is 117 Å². The Balaban J connectivity index is 1.54. The third-order valence-corrected chi connectivity index (χ3v) is 7.03. The maximum Gasteiger partial charge on any atom is 0.344 e. The topological polar surface area (TPSA) is 48.3 Å². The van der Waals surface area contributed by atoms with Crippen LogP contribution in [0.2, 0.25) is 0 Å². The molecule has 0 atom stereocenters. The SMILES string of the molecule is O=c1oc2ccccc2c2cc3c4ccccc4n(-c4ccc5oc6ccccc6c5c4)c3cc12. The van der Waals surface area contributed by atoms with E-state index in [1.807, 2.05) is 60.7 Å². The molecule has 0 amide bonds. The summed E-state index contributed by atoms with van der Waals surface area (Å²) in [7, 11) is 0. The molecule has 0 aliphatic rings. The fourth-order valence-corrected chi connectivity index (χ4v) is 5.47. The number of fused-ring (bicyclic) bond motifs is 9. The van der Waals surface area contributed by atoms with Crippen molar-refractivity contribution in [1.29, 1.82) is 0 Å². The van der Waals surface area contributed by atoms with E-state index in [1.54, 1.807) is 0 Å². The van der Waals surface area contributed by atoms with E-state index in [0.717, 1.165) is 60.2 Å². The minimum absolute atomic E-state index is 0.325. The van der Waals surface area contributed by atoms with Crippen molar-refractivity contribution in [3.8, 4) is 5.69 Å². The first-order chi connectivity index (χ1) is 17.3. The number of aromatic nitrogens is 1. The number of benzene rings is 5. The van der Waals surface area contributed by atoms with Crippen LogP contribution in [0.5, 0.6) is 0 Å². The first-order valence-corrected chi connectivity index (χ1v) is 11.6. The Morgan fingerprint density at radius 3 is 1.94 bits per heavy atom. The van der Waals surface area contributed by atoms with Crippen molar-refractivity contribution in [3.63, 3.8) is 0 Å². The minimum Gasteiger partial charge on any atom is -0.456 e. The van der Waals surface area contributed by atoms with Crippen LogP contribution in [0, 0.1) is 0 Å². The molecule has 3 heterocycles. The van der Waals surface area contributed by atoms with E-state index >= 15 is 0 Å². The van der Waals surface area contributed by atoms with E-state index in [2.05, 4.69) is 47.0 Å². The van der Waals surface area contributed by atoms with Crippen LogP contribution < -0.4 is 5.63 Å². The van der Waals surface area contributed by atoms with Gasteiger partial charge in [0, 0.05) is 38.0 Å². The Morgan fingerprint density at radius 1 is 0.457 bits per heavy atom. The highest BCUT2D eigenvalue weighted by molar-refractivity contribution is 6.17. The van der Waals surface area contributed by atoms with E-state index in [4.69, 9.17) is 8.83 Å². The van der Waals surface area contributed by atoms with Crippen LogP contribution in [0.1, 0.15) is 0 Å². The van der Waals surface area contributed by atoms with E-state index < -0.39 is 0 Å². The van der Waals surface area contributed by atoms with Crippen LogP contribution in [0.4, 0.5) is 0 Å². The summed E-state index contributed by atoms with van der Waals surface area (Å²) in [5.74, 6) is 0. The van der Waals surface area contributed by atoms with Crippen LogP contribution in [0.25, 0.3) is 71.2 Å². The second-order valence-electron chi connectivity index (χ2n) is 8.93. The van der Waals surface area contributed by atoms with Gasteiger partial charge in [-0.1, -0.05) is 54.6 Å². The normalized spacial score (nSPS) is 12.1. The monoisotopic (exact) mass is 451 g/mol. The summed E-state index contributed by atoms with van der Waals surface area (Å²) in [6, 6.07) is 34.5. The lowest BCUT2D eigenvalue weighted by Gasteiger charge is -2.09. The maximum atomic E-state index is 13.0. The molecule has 0 bridgehead atoms. The third kappa shape index (κ3) is 2.48. The number of furan rings is 1. The van der Waals surface area contributed by atoms with Gasteiger partial charge in [-0.25, -0.2) is 4.79 Å². The van der Waals surface area contributed by atoms with Crippen molar-refractivity contribution in [2.45, 2.75) is 0 Å². The molecule has 3 aromatic heterocycles. The van der Waals surface area contributed by atoms with Crippen molar-refractivity contribution in [1.82, 2.24) is 4.57 Å². The fraction of sp³-hybridized carbons (Fsp3) is 0. The van der Waals surface area contributed by atoms with Gasteiger partial charge in [0.25, 0.3) is 0 Å². The molecule has 5 aromatic carbocycles. The van der Waals surface area contributed by atoms with Crippen molar-refractivity contribution >= 4 is 65.5 Å². The number of hydrogen-bond acceptors (Lipinski definition) is 3. The lowest BCUT2D eigenvalue weighted by molar-refractivity contribution is 0.570. The maximum absolute atomic E-state index is 13.0. The van der Waals surface area contributed by atoms with Gasteiger partial charge in [-0.3, -0.25) is 0 Å². The molecule has 35 heavy (non-hydrogen) atoms. The van der Waals surface area contributed by atoms with Crippen molar-refractivity contribution in [2.75, 3.05) is 0 Å². The summed E-state index contributed by atoms with van der Waals surface area (Å²) >= 11 is 0. The standard InChI is InChI=1S/C31H17NO3/c33-31-25-17-27-23(16-22(25)20-8-2-6-12-29(20)35-31)19-7-1-4-10-26(19)32(27)18-13-14-30-24(15-18)21-9-3-5-11-28(21)34-30/h1-17H. The van der Waals surface area contributed by atoms with Crippen molar-refractivity contribution in [2.24, 2.45) is 0 Å². The van der Waals surface area contributed by atoms with Gasteiger partial charge >= 0.3 is 5.63 Å². The first kappa shape index (κ1) is 18.6. The summed E-state index contributed by atoms with van der Waals surface area (Å²) in [5, 5.41) is 6.81. The molecule has 8 rings (SSSR count). The van der Waals surface area contributed by atoms with Crippen molar-refractivity contribution < 1.29 is 8.83 Å². The molecule has 8 aromatic rings. The summed E-state index contributed by atoms with van der Waals surface area (Å²) in [6.07, 6.45) is 0. The van der Waals surface area contributed by atoms with Crippen LogP contribution in [0.3, 0.4) is 0 Å². The van der Waals surface area contributed by atoms with Gasteiger partial charge in [0.1, 0.15) is 16.7 Å². The highest BCUT2D eigenvalue weighted by Gasteiger charge is 2.17. The number of hydrogen-bond donors (Lipinski definition) is 0. The van der Waals surface area contributed by atoms with Gasteiger partial charge in [-0.05, 0) is 48.5 Å². The predicted octanol–water partition coefficient (Wildman–Crippen LogP) is 7.94. The lowest BCUT2D eigenvalue weighted by Crippen LogP contribution is -2.00. The second-order valence-corrected chi connectivity index (χ2v) is 8.93. The van der Waals surface area contributed by atoms with E-state index in [1.165, 1.54) is 0 Å². The van der Waals surface area contributed by atoms with Gasteiger partial charge in [0.15, 0.2) is 0 Å². The Hall–Kier alpha value is -4.83. The molecule has 0 aliphatic heterocycles. The number of nitrogens with zero attached hydrogens (tertiary/aromatic N) is 1. The Bertz CT molecular complexity index is 2190. The van der Waals surface area contributed by atoms with Gasteiger partial charge in [0.05, 0.1) is 16.4 Å². The van der Waals surface area contributed by atoms with Gasteiger partial charge in [-0.15, -0.1) is 0 Å². The summed E-state index contributed by atoms with van der Waals surface area (Å²) in [6.45, 7) is 0. The minimum atomic E-state index is -0.325. The largest absolute Gasteiger partial charge is 0.456 e. The van der Waals surface area contributed by atoms with E-state index in [0.29, 0.717) is 11.0 Å². The lowest BCUT2D eigenvalue weighted by atomic mass is 10.0. The molecule has 4 heteroatoms. The summed E-state index contributed by atoms with van der Waals surface area (Å²) in [4.78, 5) is 13.0. The molecule has 0 N–H and O–H groups in total. The molecule has 0 saturated carbocycles. The summed E-state index contributed by atoms with van der Waals surface area (Å²) in [5.41, 5.74) is 5.07. The molecule has 0 saturated heterocycles. The average molecular weight is 451 g/mol. The highest BCUT2D eigenvalue weighted by Crippen LogP contribution is 2.37. The summed E-state index contributed by atoms with van der Waals surface area (Å²) < 4.78 is 13.9. The molecule has 0 radical (unpaired) electrons. The average Bonchev–Trinajstić information content (AvgIpc) is 3.43. The molecule has 164 valence electrons. The molecule has 0 unspecified atom stereocenters. The second kappa shape index (κ2) is 6.61. The van der Waals surface area contributed by atoms with Crippen LogP contribution in [-0.4, -0.2) is 4.57 Å². The molecular weight excluding hydrogens is 434 g/mol. The zero-order chi connectivity index (χ0) is 23.1. The Morgan fingerprint density at radius 2 is 1.11 bits per heavy atom. The Kier molecular flexibility index (Phi) is 3.51. The van der Waals surface area contributed by atoms with Crippen LogP contribution in [-0.2, 0) is 0 Å². The van der Waals surface area contributed by atoms with Gasteiger partial charge < -0.3 is 13.4 Å². The number of rotatable bonds is 1. The number of para-hydroxylation sites is 3. The molecule has 0 aliphatic carbocycles. The van der Waals surface area contributed by atoms with Gasteiger partial charge in [0.2, 0.25) is 0 Å². The third-order valence-electron chi connectivity index (χ3n) is 7.03. The van der Waals surface area contributed by atoms with Crippen molar-refractivity contribution in [3.05, 3.63) is 114 Å². The molecule has 4 nitrogen and oxygen atoms in total. The van der Waals surface area contributed by atoms with Crippen LogP contribution >= 0.6 is 0 Å². The Labute approximate surface area is 198 Å². The highest BCUT2D eigenvalue weighted by atomic mass is 16.4. The quantitative estimate of drug-likeness (QED) is 0.188. The zero-order valence-electron chi connectivity index (χ0n) is 18.5. The molecule has 0 spiro atoms.